The topological polar surface area (TPSA) is 83.6 Å². The molecule has 0 spiro atoms. The Bertz CT molecular complexity index is 269. The quantitative estimate of drug-likeness (QED) is 0.178. The number of oxime groups is 2. The molecular weight excluding hydrogens is 284 g/mol. The fraction of sp³-hybridized carbons (Fsp3) is 0.875. The molecule has 0 aliphatic heterocycles. The van der Waals surface area contributed by atoms with Crippen LogP contribution in [-0.4, -0.2) is 35.1 Å². The standard InChI is InChI=1S/C13H28O2.C3H6N2O2/c1-4-5-6-7-8-9-10-11-12-14-15-13(2)3;1-3(5-7)2-4-6/h13H,4-12H2,1-3H3;2,6-7H,1H3. The summed E-state index contributed by atoms with van der Waals surface area (Å²) in [5.41, 5.74) is 0.266. The van der Waals surface area contributed by atoms with E-state index in [1.807, 2.05) is 13.8 Å². The van der Waals surface area contributed by atoms with Gasteiger partial charge in [0, 0.05) is 0 Å². The van der Waals surface area contributed by atoms with Gasteiger partial charge in [0.1, 0.15) is 0 Å². The van der Waals surface area contributed by atoms with Crippen LogP contribution >= 0.6 is 0 Å². The first-order valence-corrected chi connectivity index (χ1v) is 8.22. The Hall–Kier alpha value is -1.14. The highest BCUT2D eigenvalue weighted by Gasteiger charge is 1.94. The largest absolute Gasteiger partial charge is 0.411 e. The monoisotopic (exact) mass is 318 g/mol. The number of rotatable bonds is 12. The Morgan fingerprint density at radius 2 is 1.55 bits per heavy atom. The molecule has 0 aliphatic carbocycles. The van der Waals surface area contributed by atoms with Gasteiger partial charge in [-0.2, -0.15) is 0 Å². The van der Waals surface area contributed by atoms with Crippen LogP contribution in [0.25, 0.3) is 0 Å². The van der Waals surface area contributed by atoms with Crippen molar-refractivity contribution < 1.29 is 20.2 Å². The molecule has 2 N–H and O–H groups in total. The van der Waals surface area contributed by atoms with Crippen LogP contribution in [0.15, 0.2) is 10.3 Å². The van der Waals surface area contributed by atoms with Crippen LogP contribution in [0.1, 0.15) is 79.1 Å². The van der Waals surface area contributed by atoms with E-state index in [0.29, 0.717) is 0 Å². The van der Waals surface area contributed by atoms with Gasteiger partial charge in [-0.1, -0.05) is 62.2 Å². The predicted octanol–water partition coefficient (Wildman–Crippen LogP) is 4.78. The molecule has 6 heteroatoms. The van der Waals surface area contributed by atoms with Crippen LogP contribution in [0.3, 0.4) is 0 Å². The first-order chi connectivity index (χ1) is 10.6. The predicted molar refractivity (Wildman–Crippen MR) is 90.0 cm³/mol. The second-order valence-electron chi connectivity index (χ2n) is 5.43. The Labute approximate surface area is 135 Å². The fourth-order valence-corrected chi connectivity index (χ4v) is 1.59. The maximum atomic E-state index is 7.85. The van der Waals surface area contributed by atoms with E-state index in [4.69, 9.17) is 20.2 Å². The Morgan fingerprint density at radius 3 is 1.95 bits per heavy atom. The summed E-state index contributed by atoms with van der Waals surface area (Å²) in [5, 5.41) is 20.9. The third-order valence-corrected chi connectivity index (χ3v) is 2.74. The highest BCUT2D eigenvalue weighted by atomic mass is 17.2. The van der Waals surface area contributed by atoms with Gasteiger partial charge in [0.25, 0.3) is 0 Å². The molecule has 0 unspecified atom stereocenters. The van der Waals surface area contributed by atoms with Gasteiger partial charge in [0.05, 0.1) is 24.6 Å². The average Bonchev–Trinajstić information content (AvgIpc) is 2.49. The summed E-state index contributed by atoms with van der Waals surface area (Å²) in [4.78, 5) is 10.0. The zero-order valence-electron chi connectivity index (χ0n) is 14.6. The normalized spacial score (nSPS) is 11.8. The van der Waals surface area contributed by atoms with Crippen LogP contribution in [0.5, 0.6) is 0 Å². The lowest BCUT2D eigenvalue weighted by molar-refractivity contribution is -0.317. The van der Waals surface area contributed by atoms with Crippen LogP contribution in [-0.2, 0) is 9.78 Å². The molecule has 0 amide bonds. The van der Waals surface area contributed by atoms with E-state index in [2.05, 4.69) is 17.2 Å². The smallest absolute Gasteiger partial charge is 0.0980 e. The van der Waals surface area contributed by atoms with Crippen LogP contribution in [0.4, 0.5) is 0 Å². The van der Waals surface area contributed by atoms with Crippen molar-refractivity contribution in [2.24, 2.45) is 10.3 Å². The molecule has 0 aromatic carbocycles. The SMILES string of the molecule is CC(C=NO)=NO.CCCCCCCCCCOOC(C)C. The van der Waals surface area contributed by atoms with Gasteiger partial charge in [-0.05, 0) is 27.2 Å². The Morgan fingerprint density at radius 1 is 1.00 bits per heavy atom. The van der Waals surface area contributed by atoms with Crippen LogP contribution in [0.2, 0.25) is 0 Å². The van der Waals surface area contributed by atoms with Crippen molar-refractivity contribution in [3.8, 4) is 0 Å². The molecule has 0 heterocycles. The first-order valence-electron chi connectivity index (χ1n) is 8.22. The second kappa shape index (κ2) is 19.9. The molecule has 0 saturated carbocycles. The molecule has 0 aliphatic rings. The maximum Gasteiger partial charge on any atom is 0.0980 e. The van der Waals surface area contributed by atoms with Gasteiger partial charge in [0.15, 0.2) is 0 Å². The maximum absolute atomic E-state index is 7.85. The first kappa shape index (κ1) is 23.1. The molecule has 0 bridgehead atoms. The second-order valence-corrected chi connectivity index (χ2v) is 5.43. The van der Waals surface area contributed by atoms with E-state index in [9.17, 15) is 0 Å². The van der Waals surface area contributed by atoms with Crippen molar-refractivity contribution >= 4 is 11.9 Å². The van der Waals surface area contributed by atoms with Crippen molar-refractivity contribution in [3.05, 3.63) is 0 Å². The van der Waals surface area contributed by atoms with E-state index >= 15 is 0 Å². The molecule has 0 rings (SSSR count). The lowest BCUT2D eigenvalue weighted by Gasteiger charge is -2.06. The Balaban J connectivity index is 0. The summed E-state index contributed by atoms with van der Waals surface area (Å²) >= 11 is 0. The summed E-state index contributed by atoms with van der Waals surface area (Å²) in [5.74, 6) is 0. The van der Waals surface area contributed by atoms with Gasteiger partial charge in [-0.3, -0.25) is 0 Å². The van der Waals surface area contributed by atoms with Crippen LogP contribution in [0, 0.1) is 0 Å². The lowest BCUT2D eigenvalue weighted by Crippen LogP contribution is -2.04. The lowest BCUT2D eigenvalue weighted by atomic mass is 10.1. The van der Waals surface area contributed by atoms with Crippen molar-refractivity contribution in [1.82, 2.24) is 0 Å². The Kier molecular flexibility index (Phi) is 20.9. The molecule has 0 saturated heterocycles. The number of unbranched alkanes of at least 4 members (excludes halogenated alkanes) is 7. The summed E-state index contributed by atoms with van der Waals surface area (Å²) < 4.78 is 0. The zero-order chi connectivity index (χ0) is 17.1. The number of nitrogens with zero attached hydrogens (tertiary/aromatic N) is 2. The molecule has 0 aromatic rings. The molecule has 0 aromatic heterocycles. The van der Waals surface area contributed by atoms with Gasteiger partial charge in [0.2, 0.25) is 0 Å². The van der Waals surface area contributed by atoms with Crippen molar-refractivity contribution in [1.29, 1.82) is 0 Å². The third-order valence-electron chi connectivity index (χ3n) is 2.74. The number of hydrogen-bond acceptors (Lipinski definition) is 6. The molecule has 22 heavy (non-hydrogen) atoms. The van der Waals surface area contributed by atoms with E-state index in [0.717, 1.165) is 19.2 Å². The van der Waals surface area contributed by atoms with Gasteiger partial charge >= 0.3 is 0 Å². The fourth-order valence-electron chi connectivity index (χ4n) is 1.59. The third kappa shape index (κ3) is 23.9. The minimum Gasteiger partial charge on any atom is -0.411 e. The van der Waals surface area contributed by atoms with Crippen molar-refractivity contribution in [2.75, 3.05) is 6.61 Å². The molecule has 0 radical (unpaired) electrons. The van der Waals surface area contributed by atoms with E-state index in [1.165, 1.54) is 51.9 Å². The summed E-state index contributed by atoms with van der Waals surface area (Å²) in [6, 6.07) is 0. The van der Waals surface area contributed by atoms with Gasteiger partial charge in [-0.25, -0.2) is 9.78 Å². The highest BCUT2D eigenvalue weighted by molar-refractivity contribution is 6.28. The van der Waals surface area contributed by atoms with Gasteiger partial charge < -0.3 is 10.4 Å². The van der Waals surface area contributed by atoms with E-state index < -0.39 is 0 Å². The molecule has 6 nitrogen and oxygen atoms in total. The van der Waals surface area contributed by atoms with Crippen LogP contribution < -0.4 is 0 Å². The van der Waals surface area contributed by atoms with E-state index in [1.54, 1.807) is 0 Å². The summed E-state index contributed by atoms with van der Waals surface area (Å²) in [6.45, 7) is 8.46. The minimum absolute atomic E-state index is 0.180. The van der Waals surface area contributed by atoms with Crippen molar-refractivity contribution in [3.63, 3.8) is 0 Å². The number of hydrogen-bond donors (Lipinski definition) is 2. The molecular formula is C16H34N2O4. The van der Waals surface area contributed by atoms with Crippen molar-refractivity contribution in [2.45, 2.75) is 85.2 Å². The van der Waals surface area contributed by atoms with E-state index in [-0.39, 0.29) is 11.8 Å². The van der Waals surface area contributed by atoms with Gasteiger partial charge in [-0.15, -0.1) is 0 Å². The molecule has 0 fully saturated rings. The highest BCUT2D eigenvalue weighted by Crippen LogP contribution is 2.08. The minimum atomic E-state index is 0.180. The average molecular weight is 318 g/mol. The molecule has 132 valence electrons. The zero-order valence-corrected chi connectivity index (χ0v) is 14.6. The molecule has 0 atom stereocenters. The summed E-state index contributed by atoms with van der Waals surface area (Å²) in [6.07, 6.45) is 11.9. The summed E-state index contributed by atoms with van der Waals surface area (Å²) in [7, 11) is 0.